The Bertz CT molecular complexity index is 572. The summed E-state index contributed by atoms with van der Waals surface area (Å²) in [6.07, 6.45) is 0.884. The van der Waals surface area contributed by atoms with Gasteiger partial charge in [-0.05, 0) is 49.4 Å². The minimum atomic E-state index is -2.91. The van der Waals surface area contributed by atoms with Crippen LogP contribution < -0.4 is 5.32 Å². The highest BCUT2D eigenvalue weighted by Crippen LogP contribution is 2.22. The van der Waals surface area contributed by atoms with Crippen molar-refractivity contribution in [3.05, 3.63) is 29.3 Å². The fourth-order valence-corrected chi connectivity index (χ4v) is 4.42. The molecule has 1 aliphatic heterocycles. The molecule has 1 fully saturated rings. The predicted octanol–water partition coefficient (Wildman–Crippen LogP) is 2.07. The molecular formula is C14H19NO3S. The Morgan fingerprint density at radius 3 is 2.42 bits per heavy atom. The second-order valence-electron chi connectivity index (χ2n) is 5.40. The number of carbonyl (C=O) groups excluding carboxylic acids is 1. The zero-order valence-electron chi connectivity index (χ0n) is 11.3. The van der Waals surface area contributed by atoms with Crippen LogP contribution in [0.5, 0.6) is 0 Å². The molecule has 2 rings (SSSR count). The van der Waals surface area contributed by atoms with E-state index >= 15 is 0 Å². The molecule has 19 heavy (non-hydrogen) atoms. The van der Waals surface area contributed by atoms with Gasteiger partial charge in [-0.2, -0.15) is 0 Å². The van der Waals surface area contributed by atoms with Gasteiger partial charge < -0.3 is 5.32 Å². The summed E-state index contributed by atoms with van der Waals surface area (Å²) in [6, 6.07) is 5.87. The molecule has 0 spiro atoms. The zero-order valence-corrected chi connectivity index (χ0v) is 12.1. The van der Waals surface area contributed by atoms with Crippen molar-refractivity contribution in [2.45, 2.75) is 26.7 Å². The average molecular weight is 281 g/mol. The summed E-state index contributed by atoms with van der Waals surface area (Å²) in [5.41, 5.74) is 2.97. The van der Waals surface area contributed by atoms with Gasteiger partial charge in [0.1, 0.15) is 0 Å². The van der Waals surface area contributed by atoms with Crippen molar-refractivity contribution >= 4 is 21.4 Å². The van der Waals surface area contributed by atoms with Crippen LogP contribution in [0.1, 0.15) is 24.0 Å². The van der Waals surface area contributed by atoms with Crippen LogP contribution in [0.2, 0.25) is 0 Å². The van der Waals surface area contributed by atoms with Gasteiger partial charge in [0, 0.05) is 12.1 Å². The molecule has 1 aliphatic rings. The first-order valence-electron chi connectivity index (χ1n) is 6.43. The van der Waals surface area contributed by atoms with Crippen molar-refractivity contribution in [1.29, 1.82) is 0 Å². The van der Waals surface area contributed by atoms with E-state index in [4.69, 9.17) is 0 Å². The summed E-state index contributed by atoms with van der Waals surface area (Å²) < 4.78 is 22.7. The van der Waals surface area contributed by atoms with Gasteiger partial charge in [0.25, 0.3) is 0 Å². The van der Waals surface area contributed by atoms with Crippen molar-refractivity contribution in [2.75, 3.05) is 16.8 Å². The van der Waals surface area contributed by atoms with E-state index in [9.17, 15) is 13.2 Å². The number of carbonyl (C=O) groups is 1. The summed E-state index contributed by atoms with van der Waals surface area (Å²) in [4.78, 5) is 11.9. The van der Waals surface area contributed by atoms with Gasteiger partial charge in [0.2, 0.25) is 5.91 Å². The minimum Gasteiger partial charge on any atom is -0.326 e. The van der Waals surface area contributed by atoms with Gasteiger partial charge in [-0.1, -0.05) is 6.07 Å². The lowest BCUT2D eigenvalue weighted by Gasteiger charge is -2.10. The molecule has 1 heterocycles. The molecule has 0 aliphatic carbocycles. The SMILES string of the molecule is Cc1cc(C)cc(NC(=O)CC2CCS(=O)(=O)C2)c1. The van der Waals surface area contributed by atoms with Crippen molar-refractivity contribution in [2.24, 2.45) is 5.92 Å². The summed E-state index contributed by atoms with van der Waals surface area (Å²) in [5, 5.41) is 2.84. The van der Waals surface area contributed by atoms with Crippen molar-refractivity contribution in [3.63, 3.8) is 0 Å². The Morgan fingerprint density at radius 2 is 1.89 bits per heavy atom. The van der Waals surface area contributed by atoms with E-state index in [2.05, 4.69) is 5.32 Å². The maximum Gasteiger partial charge on any atom is 0.224 e. The maximum absolute atomic E-state index is 11.9. The normalized spacial score (nSPS) is 21.3. The van der Waals surface area contributed by atoms with E-state index in [-0.39, 0.29) is 29.8 Å². The second kappa shape index (κ2) is 5.33. The summed E-state index contributed by atoms with van der Waals surface area (Å²) in [5.74, 6) is 0.227. The van der Waals surface area contributed by atoms with Gasteiger partial charge in [-0.3, -0.25) is 4.79 Å². The molecule has 1 amide bonds. The summed E-state index contributed by atoms with van der Waals surface area (Å²) in [7, 11) is -2.91. The van der Waals surface area contributed by atoms with Crippen LogP contribution in [0.4, 0.5) is 5.69 Å². The molecule has 5 heteroatoms. The van der Waals surface area contributed by atoms with Crippen molar-refractivity contribution < 1.29 is 13.2 Å². The molecule has 1 unspecified atom stereocenters. The molecule has 4 nitrogen and oxygen atoms in total. The van der Waals surface area contributed by atoms with Gasteiger partial charge in [-0.15, -0.1) is 0 Å². The number of hydrogen-bond acceptors (Lipinski definition) is 3. The van der Waals surface area contributed by atoms with Crippen molar-refractivity contribution in [3.8, 4) is 0 Å². The predicted molar refractivity (Wildman–Crippen MR) is 75.9 cm³/mol. The molecule has 1 aromatic carbocycles. The molecule has 104 valence electrons. The van der Waals surface area contributed by atoms with Crippen LogP contribution >= 0.6 is 0 Å². The van der Waals surface area contributed by atoms with Crippen molar-refractivity contribution in [1.82, 2.24) is 0 Å². The van der Waals surface area contributed by atoms with E-state index in [0.717, 1.165) is 16.8 Å². The number of nitrogens with one attached hydrogen (secondary N) is 1. The molecule has 1 saturated heterocycles. The molecule has 0 radical (unpaired) electrons. The first kappa shape index (κ1) is 14.1. The average Bonchev–Trinajstić information content (AvgIpc) is 2.55. The lowest BCUT2D eigenvalue weighted by atomic mass is 10.0. The summed E-state index contributed by atoms with van der Waals surface area (Å²) >= 11 is 0. The van der Waals surface area contributed by atoms with E-state index in [1.165, 1.54) is 0 Å². The number of sulfone groups is 1. The Morgan fingerprint density at radius 1 is 1.26 bits per heavy atom. The molecule has 0 bridgehead atoms. The topological polar surface area (TPSA) is 63.2 Å². The number of hydrogen-bond donors (Lipinski definition) is 1. The first-order valence-corrected chi connectivity index (χ1v) is 8.25. The quantitative estimate of drug-likeness (QED) is 0.922. The Labute approximate surface area is 114 Å². The van der Waals surface area contributed by atoms with E-state index in [1.807, 2.05) is 32.0 Å². The third-order valence-electron chi connectivity index (χ3n) is 3.31. The van der Waals surface area contributed by atoms with Gasteiger partial charge in [0.05, 0.1) is 11.5 Å². The molecule has 0 aromatic heterocycles. The molecule has 0 saturated carbocycles. The maximum atomic E-state index is 11.9. The standard InChI is InChI=1S/C14H19NO3S/c1-10-5-11(2)7-13(6-10)15-14(16)8-12-3-4-19(17,18)9-12/h5-7,12H,3-4,8-9H2,1-2H3,(H,15,16). The third kappa shape index (κ3) is 4.06. The number of benzene rings is 1. The van der Waals surface area contributed by atoms with Gasteiger partial charge >= 0.3 is 0 Å². The Hall–Kier alpha value is -1.36. The van der Waals surface area contributed by atoms with E-state index < -0.39 is 9.84 Å². The molecule has 1 N–H and O–H groups in total. The smallest absolute Gasteiger partial charge is 0.224 e. The fourth-order valence-electron chi connectivity index (χ4n) is 2.55. The van der Waals surface area contributed by atoms with E-state index in [0.29, 0.717) is 6.42 Å². The second-order valence-corrected chi connectivity index (χ2v) is 7.63. The highest BCUT2D eigenvalue weighted by Gasteiger charge is 2.29. The van der Waals surface area contributed by atoms with Crippen LogP contribution in [0.15, 0.2) is 18.2 Å². The number of rotatable bonds is 3. The van der Waals surface area contributed by atoms with E-state index in [1.54, 1.807) is 0 Å². The molecule has 1 aromatic rings. The molecular weight excluding hydrogens is 262 g/mol. The lowest BCUT2D eigenvalue weighted by Crippen LogP contribution is -2.17. The largest absolute Gasteiger partial charge is 0.326 e. The number of amides is 1. The van der Waals surface area contributed by atoms with Gasteiger partial charge in [0.15, 0.2) is 9.84 Å². The Kier molecular flexibility index (Phi) is 3.94. The van der Waals surface area contributed by atoms with Crippen LogP contribution in [0.25, 0.3) is 0 Å². The number of anilines is 1. The lowest BCUT2D eigenvalue weighted by molar-refractivity contribution is -0.116. The summed E-state index contributed by atoms with van der Waals surface area (Å²) in [6.45, 7) is 3.96. The van der Waals surface area contributed by atoms with Crippen LogP contribution in [-0.2, 0) is 14.6 Å². The highest BCUT2D eigenvalue weighted by atomic mass is 32.2. The molecule has 1 atom stereocenters. The van der Waals surface area contributed by atoms with Crippen LogP contribution in [-0.4, -0.2) is 25.8 Å². The monoisotopic (exact) mass is 281 g/mol. The fraction of sp³-hybridized carbons (Fsp3) is 0.500. The van der Waals surface area contributed by atoms with Crippen LogP contribution in [0, 0.1) is 19.8 Å². The van der Waals surface area contributed by atoms with Gasteiger partial charge in [-0.25, -0.2) is 8.42 Å². The minimum absolute atomic E-state index is 0.0316. The van der Waals surface area contributed by atoms with Crippen LogP contribution in [0.3, 0.4) is 0 Å². The third-order valence-corrected chi connectivity index (χ3v) is 5.14. The Balaban J connectivity index is 1.95. The highest BCUT2D eigenvalue weighted by molar-refractivity contribution is 7.91. The zero-order chi connectivity index (χ0) is 14.0. The first-order chi connectivity index (χ1) is 8.84. The number of aryl methyl sites for hydroxylation is 2.